The van der Waals surface area contributed by atoms with Crippen LogP contribution in [0, 0.1) is 10.1 Å². The first-order chi connectivity index (χ1) is 7.93. The SMILES string of the molecule is CN(C)C(=O)C=Cc1c(Br)cccc1[N+](=O)[O-]. The van der Waals surface area contributed by atoms with Crippen molar-refractivity contribution in [2.75, 3.05) is 14.1 Å². The van der Waals surface area contributed by atoms with Crippen molar-refractivity contribution >= 4 is 33.6 Å². The summed E-state index contributed by atoms with van der Waals surface area (Å²) >= 11 is 3.22. The molecule has 1 amide bonds. The van der Waals surface area contributed by atoms with Crippen LogP contribution in [0.2, 0.25) is 0 Å². The molecule has 0 aliphatic heterocycles. The summed E-state index contributed by atoms with van der Waals surface area (Å²) < 4.78 is 0.578. The summed E-state index contributed by atoms with van der Waals surface area (Å²) in [5.74, 6) is -0.227. The van der Waals surface area contributed by atoms with Gasteiger partial charge in [0.15, 0.2) is 0 Å². The topological polar surface area (TPSA) is 63.5 Å². The van der Waals surface area contributed by atoms with E-state index >= 15 is 0 Å². The van der Waals surface area contributed by atoms with Gasteiger partial charge in [0.25, 0.3) is 5.69 Å². The van der Waals surface area contributed by atoms with Crippen LogP contribution in [0.1, 0.15) is 5.56 Å². The third kappa shape index (κ3) is 3.39. The standard InChI is InChI=1S/C11H11BrN2O3/c1-13(2)11(15)7-6-8-9(12)4-3-5-10(8)14(16)17/h3-7H,1-2H3. The summed E-state index contributed by atoms with van der Waals surface area (Å²) in [6.07, 6.45) is 2.73. The maximum absolute atomic E-state index is 11.4. The average molecular weight is 299 g/mol. The molecule has 1 aromatic rings. The molecule has 0 fully saturated rings. The highest BCUT2D eigenvalue weighted by Gasteiger charge is 2.13. The second-order valence-electron chi connectivity index (χ2n) is 3.50. The van der Waals surface area contributed by atoms with E-state index in [1.807, 2.05) is 0 Å². The van der Waals surface area contributed by atoms with Crippen molar-refractivity contribution in [2.24, 2.45) is 0 Å². The Balaban J connectivity index is 3.13. The number of nitro benzene ring substituents is 1. The molecule has 0 saturated carbocycles. The van der Waals surface area contributed by atoms with Crippen LogP contribution in [0.25, 0.3) is 6.08 Å². The van der Waals surface area contributed by atoms with E-state index in [1.54, 1.807) is 26.2 Å². The normalized spacial score (nSPS) is 10.5. The molecule has 6 heteroatoms. The Bertz CT molecular complexity index is 484. The lowest BCUT2D eigenvalue weighted by atomic mass is 10.1. The molecule has 0 spiro atoms. The zero-order valence-electron chi connectivity index (χ0n) is 9.38. The molecule has 0 heterocycles. The minimum Gasteiger partial charge on any atom is -0.345 e. The van der Waals surface area contributed by atoms with Crippen LogP contribution in [0.3, 0.4) is 0 Å². The van der Waals surface area contributed by atoms with Crippen molar-refractivity contribution < 1.29 is 9.72 Å². The third-order valence-corrected chi connectivity index (χ3v) is 2.75. The lowest BCUT2D eigenvalue weighted by Crippen LogP contribution is -2.18. The van der Waals surface area contributed by atoms with Gasteiger partial charge in [-0.2, -0.15) is 0 Å². The lowest BCUT2D eigenvalue weighted by molar-refractivity contribution is -0.385. The quantitative estimate of drug-likeness (QED) is 0.489. The lowest BCUT2D eigenvalue weighted by Gasteiger charge is -2.05. The zero-order chi connectivity index (χ0) is 13.0. The summed E-state index contributed by atoms with van der Waals surface area (Å²) in [6, 6.07) is 4.66. The number of hydrogen-bond acceptors (Lipinski definition) is 3. The number of rotatable bonds is 3. The molecule has 0 radical (unpaired) electrons. The van der Waals surface area contributed by atoms with Gasteiger partial charge in [-0.05, 0) is 28.1 Å². The number of halogens is 1. The number of hydrogen-bond donors (Lipinski definition) is 0. The Hall–Kier alpha value is -1.69. The second-order valence-corrected chi connectivity index (χ2v) is 4.35. The van der Waals surface area contributed by atoms with Crippen LogP contribution in [0.15, 0.2) is 28.7 Å². The molecule has 0 aromatic heterocycles. The largest absolute Gasteiger partial charge is 0.345 e. The van der Waals surface area contributed by atoms with E-state index in [2.05, 4.69) is 15.9 Å². The molecular formula is C11H11BrN2O3. The Labute approximate surface area is 107 Å². The number of carbonyl (C=O) groups excluding carboxylic acids is 1. The molecule has 17 heavy (non-hydrogen) atoms. The van der Waals surface area contributed by atoms with Crippen molar-refractivity contribution in [1.82, 2.24) is 4.90 Å². The second kappa shape index (κ2) is 5.58. The summed E-state index contributed by atoms with van der Waals surface area (Å²) in [5, 5.41) is 10.8. The van der Waals surface area contributed by atoms with Gasteiger partial charge in [0.05, 0.1) is 10.5 Å². The number of benzene rings is 1. The first-order valence-electron chi connectivity index (χ1n) is 4.75. The molecular weight excluding hydrogens is 288 g/mol. The number of nitro groups is 1. The van der Waals surface area contributed by atoms with E-state index in [4.69, 9.17) is 0 Å². The van der Waals surface area contributed by atoms with E-state index < -0.39 is 4.92 Å². The Morgan fingerprint density at radius 1 is 1.47 bits per heavy atom. The molecule has 90 valence electrons. The average Bonchev–Trinajstić information content (AvgIpc) is 2.26. The third-order valence-electron chi connectivity index (χ3n) is 2.06. The Morgan fingerprint density at radius 2 is 2.12 bits per heavy atom. The van der Waals surface area contributed by atoms with Crippen LogP contribution >= 0.6 is 15.9 Å². The van der Waals surface area contributed by atoms with Gasteiger partial charge in [-0.15, -0.1) is 0 Å². The molecule has 0 bridgehead atoms. The molecule has 5 nitrogen and oxygen atoms in total. The minimum absolute atomic E-state index is 0.0396. The fourth-order valence-electron chi connectivity index (χ4n) is 1.15. The van der Waals surface area contributed by atoms with Gasteiger partial charge in [0.2, 0.25) is 5.91 Å². The van der Waals surface area contributed by atoms with Crippen molar-refractivity contribution in [2.45, 2.75) is 0 Å². The first-order valence-corrected chi connectivity index (χ1v) is 5.55. The summed E-state index contributed by atoms with van der Waals surface area (Å²) in [4.78, 5) is 23.1. The monoisotopic (exact) mass is 298 g/mol. The van der Waals surface area contributed by atoms with Crippen LogP contribution in [-0.4, -0.2) is 29.8 Å². The molecule has 1 aromatic carbocycles. The Kier molecular flexibility index (Phi) is 4.39. The summed E-state index contributed by atoms with van der Waals surface area (Å²) in [6.45, 7) is 0. The maximum Gasteiger partial charge on any atom is 0.277 e. The van der Waals surface area contributed by atoms with Crippen LogP contribution < -0.4 is 0 Å². The van der Waals surface area contributed by atoms with Gasteiger partial charge >= 0.3 is 0 Å². The summed E-state index contributed by atoms with van der Waals surface area (Å²) in [5.41, 5.74) is 0.342. The van der Waals surface area contributed by atoms with E-state index in [1.165, 1.54) is 23.1 Å². The smallest absolute Gasteiger partial charge is 0.277 e. The van der Waals surface area contributed by atoms with E-state index in [-0.39, 0.29) is 11.6 Å². The Morgan fingerprint density at radius 3 is 2.65 bits per heavy atom. The molecule has 0 aliphatic carbocycles. The minimum atomic E-state index is -0.482. The molecule has 1 rings (SSSR count). The highest BCUT2D eigenvalue weighted by Crippen LogP contribution is 2.27. The van der Waals surface area contributed by atoms with Crippen molar-refractivity contribution in [3.05, 3.63) is 44.4 Å². The predicted octanol–water partition coefficient (Wildman–Crippen LogP) is 2.46. The predicted molar refractivity (Wildman–Crippen MR) is 68.5 cm³/mol. The molecule has 0 N–H and O–H groups in total. The zero-order valence-corrected chi connectivity index (χ0v) is 11.0. The number of nitrogens with zero attached hydrogens (tertiary/aromatic N) is 2. The molecule has 0 aliphatic rings. The van der Waals surface area contributed by atoms with Crippen molar-refractivity contribution in [3.8, 4) is 0 Å². The molecule has 0 unspecified atom stereocenters. The van der Waals surface area contributed by atoms with Gasteiger partial charge in [0.1, 0.15) is 0 Å². The number of likely N-dealkylation sites (N-methyl/N-ethyl adjacent to an activating group) is 1. The van der Waals surface area contributed by atoms with Gasteiger partial charge in [0, 0.05) is 30.7 Å². The fourth-order valence-corrected chi connectivity index (χ4v) is 1.64. The maximum atomic E-state index is 11.4. The highest BCUT2D eigenvalue weighted by atomic mass is 79.9. The van der Waals surface area contributed by atoms with E-state index in [9.17, 15) is 14.9 Å². The van der Waals surface area contributed by atoms with Gasteiger partial charge in [-0.25, -0.2) is 0 Å². The number of amides is 1. The van der Waals surface area contributed by atoms with Crippen molar-refractivity contribution in [1.29, 1.82) is 0 Å². The molecule has 0 saturated heterocycles. The fraction of sp³-hybridized carbons (Fsp3) is 0.182. The molecule has 0 atom stereocenters. The van der Waals surface area contributed by atoms with Gasteiger partial charge in [-0.3, -0.25) is 14.9 Å². The van der Waals surface area contributed by atoms with Gasteiger partial charge in [-0.1, -0.05) is 6.07 Å². The van der Waals surface area contributed by atoms with Crippen molar-refractivity contribution in [3.63, 3.8) is 0 Å². The van der Waals surface area contributed by atoms with E-state index in [0.29, 0.717) is 10.0 Å². The van der Waals surface area contributed by atoms with Crippen LogP contribution in [0.5, 0.6) is 0 Å². The van der Waals surface area contributed by atoms with Gasteiger partial charge < -0.3 is 4.90 Å². The number of carbonyl (C=O) groups is 1. The van der Waals surface area contributed by atoms with Crippen LogP contribution in [-0.2, 0) is 4.79 Å². The summed E-state index contributed by atoms with van der Waals surface area (Å²) in [7, 11) is 3.22. The highest BCUT2D eigenvalue weighted by molar-refractivity contribution is 9.10. The van der Waals surface area contributed by atoms with Crippen LogP contribution in [0.4, 0.5) is 5.69 Å². The van der Waals surface area contributed by atoms with E-state index in [0.717, 1.165) is 0 Å². The first kappa shape index (κ1) is 13.4.